The van der Waals surface area contributed by atoms with Crippen molar-refractivity contribution in [1.82, 2.24) is 19.4 Å². The van der Waals surface area contributed by atoms with Crippen LogP contribution in [0.5, 0.6) is 0 Å². The lowest BCUT2D eigenvalue weighted by molar-refractivity contribution is -0.125. The number of hydrogen-bond donors (Lipinski definition) is 0. The molecular formula is C30H34N4O. The second-order valence-corrected chi connectivity index (χ2v) is 10.6. The van der Waals surface area contributed by atoms with Crippen LogP contribution in [-0.4, -0.2) is 46.2 Å². The van der Waals surface area contributed by atoms with Crippen LogP contribution in [0.3, 0.4) is 0 Å². The SMILES string of the molecule is CO[C@]12C[C@@H](Cc3c(C)nc(-c4ccccc4)nc3C)CN(C)[C@@H]1Cc1cn(C)c3cccc2c13. The Kier molecular flexibility index (Phi) is 5.31. The lowest BCUT2D eigenvalue weighted by Gasteiger charge is -2.53. The van der Waals surface area contributed by atoms with Gasteiger partial charge in [0.1, 0.15) is 5.60 Å². The van der Waals surface area contributed by atoms with E-state index in [9.17, 15) is 0 Å². The molecule has 180 valence electrons. The molecule has 4 aromatic rings. The van der Waals surface area contributed by atoms with Crippen LogP contribution >= 0.6 is 0 Å². The zero-order chi connectivity index (χ0) is 24.3. The van der Waals surface area contributed by atoms with E-state index in [1.165, 1.54) is 27.6 Å². The summed E-state index contributed by atoms with van der Waals surface area (Å²) in [6.07, 6.45) is 5.31. The summed E-state index contributed by atoms with van der Waals surface area (Å²) in [6.45, 7) is 5.32. The molecule has 3 heterocycles. The van der Waals surface area contributed by atoms with E-state index in [0.717, 1.165) is 48.6 Å². The second kappa shape index (κ2) is 8.28. The Labute approximate surface area is 207 Å². The van der Waals surface area contributed by atoms with Crippen LogP contribution in [0.2, 0.25) is 0 Å². The van der Waals surface area contributed by atoms with Gasteiger partial charge in [-0.05, 0) is 68.8 Å². The van der Waals surface area contributed by atoms with E-state index in [-0.39, 0.29) is 5.60 Å². The van der Waals surface area contributed by atoms with Gasteiger partial charge in [0.05, 0.1) is 0 Å². The number of hydrogen-bond acceptors (Lipinski definition) is 4. The number of piperidine rings is 1. The van der Waals surface area contributed by atoms with Crippen LogP contribution in [0.15, 0.2) is 54.7 Å². The number of aryl methyl sites for hydroxylation is 3. The van der Waals surface area contributed by atoms with Gasteiger partial charge >= 0.3 is 0 Å². The predicted octanol–water partition coefficient (Wildman–Crippen LogP) is 5.21. The molecule has 35 heavy (non-hydrogen) atoms. The second-order valence-electron chi connectivity index (χ2n) is 10.6. The average molecular weight is 467 g/mol. The number of likely N-dealkylation sites (tertiary alicyclic amines) is 1. The summed E-state index contributed by atoms with van der Waals surface area (Å²) >= 11 is 0. The molecule has 2 aromatic carbocycles. The average Bonchev–Trinajstić information content (AvgIpc) is 3.19. The van der Waals surface area contributed by atoms with Gasteiger partial charge in [-0.2, -0.15) is 0 Å². The first-order valence-electron chi connectivity index (χ1n) is 12.6. The van der Waals surface area contributed by atoms with Gasteiger partial charge in [0.2, 0.25) is 0 Å². The van der Waals surface area contributed by atoms with Crippen molar-refractivity contribution in [3.63, 3.8) is 0 Å². The molecule has 5 heteroatoms. The maximum absolute atomic E-state index is 6.53. The summed E-state index contributed by atoms with van der Waals surface area (Å²) in [5.74, 6) is 1.27. The summed E-state index contributed by atoms with van der Waals surface area (Å²) in [5, 5.41) is 1.39. The number of aromatic nitrogens is 3. The molecule has 6 rings (SSSR count). The fraction of sp³-hybridized carbons (Fsp3) is 0.400. The highest BCUT2D eigenvalue weighted by molar-refractivity contribution is 5.89. The molecule has 1 saturated heterocycles. The van der Waals surface area contributed by atoms with Gasteiger partial charge in [-0.15, -0.1) is 0 Å². The van der Waals surface area contributed by atoms with Crippen molar-refractivity contribution in [2.24, 2.45) is 13.0 Å². The minimum atomic E-state index is -0.307. The fourth-order valence-electron chi connectivity index (χ4n) is 6.89. The largest absolute Gasteiger partial charge is 0.372 e. The van der Waals surface area contributed by atoms with Gasteiger partial charge in [0.25, 0.3) is 0 Å². The maximum atomic E-state index is 6.53. The standard InChI is InChI=1S/C30H34N4O/c1-19-24(20(2)32-29(31-19)22-10-7-6-8-11-22)14-21-16-30(35-5)25-12-9-13-26-28(25)23(18-33(26)3)15-27(30)34(4)17-21/h6-13,18,21,27H,14-17H2,1-5H3/t21-,27-,30+/m1/s1. The highest BCUT2D eigenvalue weighted by Gasteiger charge is 2.51. The van der Waals surface area contributed by atoms with Crippen LogP contribution in [0.25, 0.3) is 22.3 Å². The number of rotatable bonds is 4. The molecule has 5 nitrogen and oxygen atoms in total. The lowest BCUT2D eigenvalue weighted by atomic mass is 9.67. The molecule has 1 aliphatic heterocycles. The van der Waals surface area contributed by atoms with Crippen molar-refractivity contribution in [2.75, 3.05) is 20.7 Å². The molecule has 0 spiro atoms. The van der Waals surface area contributed by atoms with E-state index in [1.807, 2.05) is 25.3 Å². The topological polar surface area (TPSA) is 43.2 Å². The Morgan fingerprint density at radius 3 is 2.46 bits per heavy atom. The van der Waals surface area contributed by atoms with Crippen molar-refractivity contribution >= 4 is 10.9 Å². The summed E-state index contributed by atoms with van der Waals surface area (Å²) in [6, 6.07) is 17.3. The van der Waals surface area contributed by atoms with Crippen molar-refractivity contribution in [3.05, 3.63) is 82.8 Å². The molecule has 0 unspecified atom stereocenters. The van der Waals surface area contributed by atoms with Crippen molar-refractivity contribution < 1.29 is 4.74 Å². The minimum absolute atomic E-state index is 0.307. The quantitative estimate of drug-likeness (QED) is 0.414. The van der Waals surface area contributed by atoms with Gasteiger partial charge in [-0.1, -0.05) is 42.5 Å². The summed E-state index contributed by atoms with van der Waals surface area (Å²) in [5.41, 5.74) is 8.31. The third kappa shape index (κ3) is 3.44. The summed E-state index contributed by atoms with van der Waals surface area (Å²) < 4.78 is 8.80. The number of ether oxygens (including phenoxy) is 1. The van der Waals surface area contributed by atoms with Crippen LogP contribution in [0, 0.1) is 19.8 Å². The first kappa shape index (κ1) is 22.4. The van der Waals surface area contributed by atoms with Gasteiger partial charge in [0.15, 0.2) is 5.82 Å². The number of nitrogens with zero attached hydrogens (tertiary/aromatic N) is 4. The van der Waals surface area contributed by atoms with Crippen LogP contribution in [0.4, 0.5) is 0 Å². The minimum Gasteiger partial charge on any atom is -0.372 e. The number of methoxy groups -OCH3 is 1. The van der Waals surface area contributed by atoms with Crippen LogP contribution in [-0.2, 0) is 30.2 Å². The molecule has 1 aliphatic carbocycles. The molecule has 2 aliphatic rings. The van der Waals surface area contributed by atoms with E-state index in [4.69, 9.17) is 14.7 Å². The van der Waals surface area contributed by atoms with Gasteiger partial charge in [0, 0.05) is 60.8 Å². The Hall–Kier alpha value is -3.02. The smallest absolute Gasteiger partial charge is 0.159 e. The highest BCUT2D eigenvalue weighted by Crippen LogP contribution is 2.50. The zero-order valence-corrected chi connectivity index (χ0v) is 21.4. The monoisotopic (exact) mass is 466 g/mol. The molecule has 0 saturated carbocycles. The van der Waals surface area contributed by atoms with Gasteiger partial charge in [-0.3, -0.25) is 4.90 Å². The molecule has 1 fully saturated rings. The van der Waals surface area contributed by atoms with Gasteiger partial charge < -0.3 is 9.30 Å². The summed E-state index contributed by atoms with van der Waals surface area (Å²) in [4.78, 5) is 12.4. The Morgan fingerprint density at radius 2 is 1.74 bits per heavy atom. The van der Waals surface area contributed by atoms with E-state index >= 15 is 0 Å². The van der Waals surface area contributed by atoms with E-state index < -0.39 is 0 Å². The maximum Gasteiger partial charge on any atom is 0.159 e. The molecular weight excluding hydrogens is 432 g/mol. The highest BCUT2D eigenvalue weighted by atomic mass is 16.5. The third-order valence-electron chi connectivity index (χ3n) is 8.48. The molecule has 2 aromatic heterocycles. The first-order valence-corrected chi connectivity index (χ1v) is 12.6. The Balaban J connectivity index is 1.37. The van der Waals surface area contributed by atoms with Crippen LogP contribution in [0.1, 0.15) is 34.5 Å². The Morgan fingerprint density at radius 1 is 1.00 bits per heavy atom. The first-order chi connectivity index (χ1) is 16.9. The molecule has 3 atom stereocenters. The van der Waals surface area contributed by atoms with E-state index in [1.54, 1.807) is 0 Å². The third-order valence-corrected chi connectivity index (χ3v) is 8.48. The van der Waals surface area contributed by atoms with Crippen molar-refractivity contribution in [1.29, 1.82) is 0 Å². The van der Waals surface area contributed by atoms with Crippen LogP contribution < -0.4 is 0 Å². The van der Waals surface area contributed by atoms with Gasteiger partial charge in [-0.25, -0.2) is 9.97 Å². The van der Waals surface area contributed by atoms with Crippen molar-refractivity contribution in [2.45, 2.75) is 44.8 Å². The molecule has 0 radical (unpaired) electrons. The number of benzene rings is 2. The zero-order valence-electron chi connectivity index (χ0n) is 21.4. The number of likely N-dealkylation sites (N-methyl/N-ethyl adjacent to an activating group) is 1. The lowest BCUT2D eigenvalue weighted by Crippen LogP contribution is -2.59. The van der Waals surface area contributed by atoms with E-state index in [0.29, 0.717) is 12.0 Å². The van der Waals surface area contributed by atoms with Crippen molar-refractivity contribution in [3.8, 4) is 11.4 Å². The fourth-order valence-corrected chi connectivity index (χ4v) is 6.89. The normalized spacial score (nSPS) is 24.0. The summed E-state index contributed by atoms with van der Waals surface area (Å²) in [7, 11) is 6.33. The molecule has 0 N–H and O–H groups in total. The molecule has 0 amide bonds. The molecule has 0 bridgehead atoms. The predicted molar refractivity (Wildman–Crippen MR) is 140 cm³/mol. The van der Waals surface area contributed by atoms with E-state index in [2.05, 4.69) is 73.9 Å². The Bertz CT molecular complexity index is 1390. The number of fused-ring (bicyclic) bond motifs is 2.